The van der Waals surface area contributed by atoms with E-state index in [1.165, 1.54) is 4.90 Å². The van der Waals surface area contributed by atoms with Gasteiger partial charge in [-0.15, -0.1) is 0 Å². The number of pyridine rings is 2. The summed E-state index contributed by atoms with van der Waals surface area (Å²) in [4.78, 5) is 23.5. The van der Waals surface area contributed by atoms with Gasteiger partial charge in [-0.25, -0.2) is 14.8 Å². The highest BCUT2D eigenvalue weighted by molar-refractivity contribution is 5.69. The molecule has 0 aromatic carbocycles. The van der Waals surface area contributed by atoms with Crippen molar-refractivity contribution in [1.29, 1.82) is 0 Å². The summed E-state index contributed by atoms with van der Waals surface area (Å²) in [6.07, 6.45) is 4.79. The van der Waals surface area contributed by atoms with E-state index in [1.807, 2.05) is 41.9 Å². The fourth-order valence-electron chi connectivity index (χ4n) is 3.33. The largest absolute Gasteiger partial charge is 0.494 e. The Bertz CT molecular complexity index is 993. The second-order valence-corrected chi connectivity index (χ2v) is 6.69. The number of methoxy groups -OCH3 is 1. The maximum Gasteiger partial charge on any atom is 0.407 e. The molecule has 3 aromatic rings. The standard InChI is InChI=1S/C19H22N6O3/c1-13-11-25-12-15(16(28-2)9-18(25)21-13)22-14-3-4-17(20-10-14)23-5-7-24(8-6-23)19(26)27/h3-4,9-12,22H,5-8H2,1-2H3,(H,26,27). The Kier molecular flexibility index (Phi) is 4.64. The molecule has 0 aliphatic carbocycles. The maximum absolute atomic E-state index is 11.0. The molecule has 0 atom stereocenters. The minimum Gasteiger partial charge on any atom is -0.494 e. The van der Waals surface area contributed by atoms with Gasteiger partial charge < -0.3 is 29.4 Å². The third kappa shape index (κ3) is 3.51. The maximum atomic E-state index is 11.0. The molecule has 1 saturated heterocycles. The van der Waals surface area contributed by atoms with Crippen molar-refractivity contribution in [2.45, 2.75) is 6.92 Å². The van der Waals surface area contributed by atoms with Crippen LogP contribution < -0.4 is 15.0 Å². The van der Waals surface area contributed by atoms with Crippen LogP contribution in [0.2, 0.25) is 0 Å². The van der Waals surface area contributed by atoms with Crippen LogP contribution in [0, 0.1) is 6.92 Å². The zero-order valence-corrected chi connectivity index (χ0v) is 15.8. The summed E-state index contributed by atoms with van der Waals surface area (Å²) in [5.41, 5.74) is 3.42. The van der Waals surface area contributed by atoms with Crippen molar-refractivity contribution in [2.24, 2.45) is 0 Å². The first kappa shape index (κ1) is 17.9. The highest BCUT2D eigenvalue weighted by Crippen LogP contribution is 2.29. The number of carbonyl (C=O) groups is 1. The van der Waals surface area contributed by atoms with Gasteiger partial charge in [-0.1, -0.05) is 0 Å². The molecule has 0 spiro atoms. The van der Waals surface area contributed by atoms with E-state index in [0.717, 1.165) is 28.5 Å². The van der Waals surface area contributed by atoms with Crippen LogP contribution in [0.4, 0.5) is 22.0 Å². The van der Waals surface area contributed by atoms with Gasteiger partial charge in [0, 0.05) is 44.6 Å². The minimum absolute atomic E-state index is 0.485. The van der Waals surface area contributed by atoms with E-state index in [1.54, 1.807) is 13.3 Å². The molecule has 3 aromatic heterocycles. The average molecular weight is 382 g/mol. The van der Waals surface area contributed by atoms with Gasteiger partial charge in [0.05, 0.1) is 30.4 Å². The summed E-state index contributed by atoms with van der Waals surface area (Å²) in [6.45, 7) is 4.19. The smallest absolute Gasteiger partial charge is 0.407 e. The Morgan fingerprint density at radius 2 is 2.00 bits per heavy atom. The molecule has 0 bridgehead atoms. The second-order valence-electron chi connectivity index (χ2n) is 6.69. The molecule has 4 rings (SSSR count). The molecule has 0 saturated carbocycles. The first-order valence-electron chi connectivity index (χ1n) is 9.03. The molecule has 1 amide bonds. The third-order valence-electron chi connectivity index (χ3n) is 4.80. The quantitative estimate of drug-likeness (QED) is 0.716. The lowest BCUT2D eigenvalue weighted by molar-refractivity contribution is 0.142. The molecule has 0 radical (unpaired) electrons. The Hall–Kier alpha value is -3.49. The summed E-state index contributed by atoms with van der Waals surface area (Å²) in [5, 5.41) is 12.4. The topological polar surface area (TPSA) is 95.2 Å². The number of imidazole rings is 1. The summed E-state index contributed by atoms with van der Waals surface area (Å²) in [7, 11) is 1.63. The molecule has 9 heteroatoms. The molecular formula is C19H22N6O3. The fraction of sp³-hybridized carbons (Fsp3) is 0.316. The normalized spacial score (nSPS) is 14.4. The first-order valence-corrected chi connectivity index (χ1v) is 9.03. The van der Waals surface area contributed by atoms with Crippen molar-refractivity contribution in [2.75, 3.05) is 43.5 Å². The summed E-state index contributed by atoms with van der Waals surface area (Å²) in [5.74, 6) is 1.54. The van der Waals surface area contributed by atoms with Crippen molar-refractivity contribution in [3.63, 3.8) is 0 Å². The molecular weight excluding hydrogens is 360 g/mol. The number of hydrogen-bond acceptors (Lipinski definition) is 6. The van der Waals surface area contributed by atoms with Crippen LogP contribution >= 0.6 is 0 Å². The molecule has 28 heavy (non-hydrogen) atoms. The Balaban J connectivity index is 1.49. The number of nitrogens with one attached hydrogen (secondary N) is 1. The Morgan fingerprint density at radius 3 is 2.64 bits per heavy atom. The van der Waals surface area contributed by atoms with Crippen LogP contribution in [-0.4, -0.2) is 63.8 Å². The SMILES string of the molecule is COc1cc2nc(C)cn2cc1Nc1ccc(N2CCN(C(=O)O)CC2)nc1. The van der Waals surface area contributed by atoms with Gasteiger partial charge in [0.25, 0.3) is 0 Å². The van der Waals surface area contributed by atoms with Crippen molar-refractivity contribution in [3.8, 4) is 5.75 Å². The first-order chi connectivity index (χ1) is 13.5. The van der Waals surface area contributed by atoms with E-state index in [-0.39, 0.29) is 0 Å². The number of rotatable bonds is 4. The zero-order valence-electron chi connectivity index (χ0n) is 15.8. The second kappa shape index (κ2) is 7.26. The van der Waals surface area contributed by atoms with E-state index < -0.39 is 6.09 Å². The molecule has 0 unspecified atom stereocenters. The van der Waals surface area contributed by atoms with Gasteiger partial charge in [-0.3, -0.25) is 0 Å². The monoisotopic (exact) mass is 382 g/mol. The highest BCUT2D eigenvalue weighted by atomic mass is 16.5. The lowest BCUT2D eigenvalue weighted by Crippen LogP contribution is -2.48. The number of carboxylic acid groups (broad SMARTS) is 1. The van der Waals surface area contributed by atoms with Crippen LogP contribution in [-0.2, 0) is 0 Å². The van der Waals surface area contributed by atoms with Crippen LogP contribution in [0.1, 0.15) is 5.69 Å². The van der Waals surface area contributed by atoms with Crippen LogP contribution in [0.5, 0.6) is 5.75 Å². The number of nitrogens with zero attached hydrogens (tertiary/aromatic N) is 5. The summed E-state index contributed by atoms with van der Waals surface area (Å²) >= 11 is 0. The van der Waals surface area contributed by atoms with E-state index >= 15 is 0 Å². The number of hydrogen-bond donors (Lipinski definition) is 2. The Labute approximate surface area is 162 Å². The Morgan fingerprint density at radius 1 is 1.21 bits per heavy atom. The van der Waals surface area contributed by atoms with Gasteiger partial charge in [0.2, 0.25) is 0 Å². The molecule has 9 nitrogen and oxygen atoms in total. The number of piperazine rings is 1. The fourth-order valence-corrected chi connectivity index (χ4v) is 3.33. The molecule has 1 aliphatic heterocycles. The van der Waals surface area contributed by atoms with Crippen molar-refractivity contribution >= 4 is 28.9 Å². The van der Waals surface area contributed by atoms with Crippen molar-refractivity contribution < 1.29 is 14.6 Å². The predicted molar refractivity (Wildman–Crippen MR) is 106 cm³/mol. The van der Waals surface area contributed by atoms with Crippen LogP contribution in [0.25, 0.3) is 5.65 Å². The van der Waals surface area contributed by atoms with E-state index in [4.69, 9.17) is 9.84 Å². The van der Waals surface area contributed by atoms with Gasteiger partial charge in [-0.05, 0) is 19.1 Å². The van der Waals surface area contributed by atoms with E-state index in [2.05, 4.69) is 20.2 Å². The van der Waals surface area contributed by atoms with Gasteiger partial charge >= 0.3 is 6.09 Å². The van der Waals surface area contributed by atoms with Gasteiger partial charge in [-0.2, -0.15) is 0 Å². The third-order valence-corrected chi connectivity index (χ3v) is 4.80. The number of fused-ring (bicyclic) bond motifs is 1. The minimum atomic E-state index is -0.869. The zero-order chi connectivity index (χ0) is 19.7. The molecule has 4 heterocycles. The summed E-state index contributed by atoms with van der Waals surface area (Å²) in [6, 6.07) is 5.78. The predicted octanol–water partition coefficient (Wildman–Crippen LogP) is 2.59. The van der Waals surface area contributed by atoms with Crippen LogP contribution in [0.15, 0.2) is 36.8 Å². The van der Waals surface area contributed by atoms with Crippen molar-refractivity contribution in [3.05, 3.63) is 42.5 Å². The number of anilines is 3. The lowest BCUT2D eigenvalue weighted by atomic mass is 10.3. The molecule has 146 valence electrons. The molecule has 2 N–H and O–H groups in total. The van der Waals surface area contributed by atoms with Gasteiger partial charge in [0.1, 0.15) is 17.2 Å². The van der Waals surface area contributed by atoms with Crippen molar-refractivity contribution in [1.82, 2.24) is 19.3 Å². The number of amides is 1. The van der Waals surface area contributed by atoms with E-state index in [9.17, 15) is 4.79 Å². The number of aromatic nitrogens is 3. The highest BCUT2D eigenvalue weighted by Gasteiger charge is 2.21. The van der Waals surface area contributed by atoms with Crippen LogP contribution in [0.3, 0.4) is 0 Å². The molecule has 1 aliphatic rings. The average Bonchev–Trinajstić information content (AvgIpc) is 3.07. The number of ether oxygens (including phenoxy) is 1. The number of aryl methyl sites for hydroxylation is 1. The summed E-state index contributed by atoms with van der Waals surface area (Å²) < 4.78 is 7.43. The van der Waals surface area contributed by atoms with Gasteiger partial charge in [0.15, 0.2) is 0 Å². The molecule has 1 fully saturated rings. The lowest BCUT2D eigenvalue weighted by Gasteiger charge is -2.33. The van der Waals surface area contributed by atoms with E-state index in [0.29, 0.717) is 31.9 Å².